The first kappa shape index (κ1) is 65.9. The Morgan fingerprint density at radius 1 is 0.675 bits per heavy atom. The topological polar surface area (TPSA) is 292 Å². The summed E-state index contributed by atoms with van der Waals surface area (Å²) in [4.78, 5) is 70.0. The molecule has 2 amide bonds. The maximum absolute atomic E-state index is 14.0. The van der Waals surface area contributed by atoms with Gasteiger partial charge < -0.3 is 64.4 Å². The predicted octanol–water partition coefficient (Wildman–Crippen LogP) is 3.22. The van der Waals surface area contributed by atoms with E-state index in [4.69, 9.17) is 56.7 Å². The maximum atomic E-state index is 14.0. The smallest absolute Gasteiger partial charge is 0.317 e. The fourth-order valence-electron chi connectivity index (χ4n) is 9.05. The summed E-state index contributed by atoms with van der Waals surface area (Å²) in [6.07, 6.45) is -1.07. The Bertz CT molecular complexity index is 2730. The average molecular weight is 1200 g/mol. The number of fused-ring (bicyclic) bond motifs is 3. The number of aliphatic hydroxyl groups is 1. The molecule has 0 radical (unpaired) electrons. The molecule has 25 nitrogen and oxygen atoms in total. The van der Waals surface area contributed by atoms with Crippen LogP contribution in [0, 0.1) is 0 Å². The molecule has 0 saturated carbocycles. The van der Waals surface area contributed by atoms with E-state index in [-0.39, 0.29) is 89.6 Å². The fraction of sp³-hybridized carbons (Fsp3) is 0.536. The van der Waals surface area contributed by atoms with E-state index >= 15 is 0 Å². The largest absolute Gasteiger partial charge is 0.496 e. The molecule has 1 fully saturated rings. The Morgan fingerprint density at radius 2 is 1.16 bits per heavy atom. The quantitative estimate of drug-likeness (QED) is 0.0291. The van der Waals surface area contributed by atoms with Crippen LogP contribution in [-0.4, -0.2) is 255 Å². The highest BCUT2D eigenvalue weighted by Crippen LogP contribution is 2.46. The van der Waals surface area contributed by atoms with Gasteiger partial charge in [-0.2, -0.15) is 5.10 Å². The van der Waals surface area contributed by atoms with Crippen molar-refractivity contribution in [3.05, 3.63) is 75.9 Å². The van der Waals surface area contributed by atoms with Gasteiger partial charge in [-0.25, -0.2) is 4.68 Å². The fourth-order valence-corrected chi connectivity index (χ4v) is 9.56. The highest BCUT2D eigenvalue weighted by molar-refractivity contribution is 6.34. The molecule has 1 aromatic heterocycles. The summed E-state index contributed by atoms with van der Waals surface area (Å²) in [6, 6.07) is 16.4. The number of carbonyl (C=O) groups excluding carboxylic acids is 2. The summed E-state index contributed by atoms with van der Waals surface area (Å²) < 4.78 is 36.2. The number of anilines is 1. The van der Waals surface area contributed by atoms with Crippen LogP contribution in [-0.2, 0) is 44.7 Å². The number of aliphatic carboxylic acids is 3. The molecule has 0 spiro atoms. The van der Waals surface area contributed by atoms with Crippen molar-refractivity contribution in [2.45, 2.75) is 39.3 Å². The maximum Gasteiger partial charge on any atom is 0.317 e. The van der Waals surface area contributed by atoms with Crippen LogP contribution in [0.3, 0.4) is 0 Å². The van der Waals surface area contributed by atoms with E-state index in [0.717, 1.165) is 11.1 Å². The molecule has 3 heterocycles. The first-order valence-electron chi connectivity index (χ1n) is 27.3. The van der Waals surface area contributed by atoms with Crippen LogP contribution in [0.2, 0.25) is 10.0 Å². The molecule has 7 N–H and O–H groups in total. The van der Waals surface area contributed by atoms with Gasteiger partial charge >= 0.3 is 17.9 Å². The number of halogens is 2. The van der Waals surface area contributed by atoms with Crippen LogP contribution in [0.1, 0.15) is 36.8 Å². The summed E-state index contributed by atoms with van der Waals surface area (Å²) in [5.74, 6) is -2.49. The van der Waals surface area contributed by atoms with Crippen molar-refractivity contribution in [3.8, 4) is 39.6 Å². The Morgan fingerprint density at radius 3 is 1.64 bits per heavy atom. The minimum Gasteiger partial charge on any atom is -0.496 e. The second-order valence-electron chi connectivity index (χ2n) is 20.8. The zero-order valence-corrected chi connectivity index (χ0v) is 49.2. The number of aromatic nitrogens is 2. The average Bonchev–Trinajstić information content (AvgIpc) is 3.47. The molecule has 0 bridgehead atoms. The number of amides is 2. The number of carboxylic acid groups (broad SMARTS) is 3. The van der Waals surface area contributed by atoms with Crippen LogP contribution in [0.4, 0.5) is 5.69 Å². The van der Waals surface area contributed by atoms with E-state index in [1.807, 2.05) is 62.1 Å². The van der Waals surface area contributed by atoms with Crippen molar-refractivity contribution in [2.75, 3.05) is 164 Å². The third-order valence-corrected chi connectivity index (χ3v) is 14.1. The van der Waals surface area contributed by atoms with E-state index in [1.54, 1.807) is 56.6 Å². The van der Waals surface area contributed by atoms with E-state index in [0.29, 0.717) is 129 Å². The predicted molar refractivity (Wildman–Crippen MR) is 310 cm³/mol. The second-order valence-corrected chi connectivity index (χ2v) is 21.6. The Labute approximate surface area is 493 Å². The zero-order valence-electron chi connectivity index (χ0n) is 47.7. The summed E-state index contributed by atoms with van der Waals surface area (Å²) >= 11 is 12.9. The van der Waals surface area contributed by atoms with Gasteiger partial charge in [0.05, 0.1) is 97.5 Å². The normalized spacial score (nSPS) is 15.2. The Kier molecular flexibility index (Phi) is 26.0. The number of nitrogens with one attached hydrogen (secondary N) is 3. The zero-order chi connectivity index (χ0) is 60.1. The monoisotopic (exact) mass is 1200 g/mol. The van der Waals surface area contributed by atoms with Crippen LogP contribution < -0.4 is 25.4 Å². The molecule has 1 atom stereocenters. The van der Waals surface area contributed by atoms with Gasteiger partial charge in [0, 0.05) is 117 Å². The van der Waals surface area contributed by atoms with E-state index < -0.39 is 29.8 Å². The van der Waals surface area contributed by atoms with Gasteiger partial charge in [0.1, 0.15) is 18.1 Å². The van der Waals surface area contributed by atoms with Gasteiger partial charge in [0.2, 0.25) is 5.91 Å². The number of carbonyl (C=O) groups is 5. The molecule has 27 heteroatoms. The number of hydrogen-bond donors (Lipinski definition) is 7. The van der Waals surface area contributed by atoms with Crippen molar-refractivity contribution in [2.24, 2.45) is 0 Å². The standard InChI is InChI=1S/C56H78Cl2N10O15/c1-56(2,3)63(4)54(76)52-45-37-83-47-32-46(78-5)43(31-44(47)53(45)68(62-52)42-29-39(57)28-40(58)30-42)38-6-8-41(9-7-38)61-55(77)60-11-21-80-23-25-82-27-26-81-24-22-79-20-10-59-48(69)33-64-12-14-65(34-49(70)71)16-18-67(36-51(74)75)19-17-66(15-13-64)35-50(72)73/h6-9,28-32,55,60-61,77H,10-27,33-37H2,1-5H3,(H,59,69)(H,70,71)(H,72,73)(H,74,75). The van der Waals surface area contributed by atoms with E-state index in [9.17, 15) is 44.4 Å². The first-order valence-corrected chi connectivity index (χ1v) is 28.1. The van der Waals surface area contributed by atoms with Crippen LogP contribution in [0.25, 0.3) is 28.1 Å². The molecule has 1 unspecified atom stereocenters. The Balaban J connectivity index is 0.853. The number of carboxylic acids is 3. The van der Waals surface area contributed by atoms with Gasteiger partial charge in [-0.05, 0) is 62.7 Å². The lowest BCUT2D eigenvalue weighted by Crippen LogP contribution is -2.50. The highest BCUT2D eigenvalue weighted by atomic mass is 35.5. The second kappa shape index (κ2) is 32.7. The molecule has 456 valence electrons. The third kappa shape index (κ3) is 21.1. The van der Waals surface area contributed by atoms with Gasteiger partial charge in [-0.15, -0.1) is 0 Å². The van der Waals surface area contributed by atoms with Gasteiger partial charge in [-0.1, -0.05) is 35.3 Å². The number of aliphatic hydroxyl groups excluding tert-OH is 1. The molecule has 1 saturated heterocycles. The number of ether oxygens (including phenoxy) is 6. The number of benzene rings is 3. The summed E-state index contributed by atoms with van der Waals surface area (Å²) in [6.45, 7) is 10.8. The first-order chi connectivity index (χ1) is 39.7. The molecule has 83 heavy (non-hydrogen) atoms. The van der Waals surface area contributed by atoms with Crippen LogP contribution >= 0.6 is 23.2 Å². The highest BCUT2D eigenvalue weighted by Gasteiger charge is 2.35. The third-order valence-electron chi connectivity index (χ3n) is 13.7. The number of methoxy groups -OCH3 is 1. The lowest BCUT2D eigenvalue weighted by molar-refractivity contribution is -0.140. The molecule has 6 rings (SSSR count). The van der Waals surface area contributed by atoms with E-state index in [2.05, 4.69) is 16.0 Å². The molecule has 4 aromatic rings. The SMILES string of the molecule is COc1cc2c(cc1-c1ccc(NC(O)NCCOCCOCCOCCOCCNC(=O)CN3CCN(CC(=O)O)CCN(CC(=O)O)CCN(CC(=O)O)CC3)cc1)-c1c(c(C(=O)N(C)C(C)(C)C)nn1-c1cc(Cl)cc(Cl)c1)CO2. The summed E-state index contributed by atoms with van der Waals surface area (Å²) in [7, 11) is 3.33. The van der Waals surface area contributed by atoms with Crippen LogP contribution in [0.5, 0.6) is 11.5 Å². The minimum atomic E-state index is -1.07. The van der Waals surface area contributed by atoms with Gasteiger partial charge in [0.25, 0.3) is 5.91 Å². The minimum absolute atomic E-state index is 0.0103. The number of hydrogen-bond acceptors (Lipinski definition) is 19. The van der Waals surface area contributed by atoms with Crippen LogP contribution in [0.15, 0.2) is 54.6 Å². The van der Waals surface area contributed by atoms with E-state index in [1.165, 1.54) is 0 Å². The lowest BCUT2D eigenvalue weighted by atomic mass is 9.95. The molecule has 3 aromatic carbocycles. The van der Waals surface area contributed by atoms with Gasteiger partial charge in [0.15, 0.2) is 12.0 Å². The van der Waals surface area contributed by atoms with Crippen molar-refractivity contribution < 1.29 is 72.8 Å². The molecule has 2 aliphatic rings. The van der Waals surface area contributed by atoms with Crippen molar-refractivity contribution in [3.63, 3.8) is 0 Å². The summed E-state index contributed by atoms with van der Waals surface area (Å²) in [5, 5.41) is 53.5. The molecular weight excluding hydrogens is 1120 g/mol. The number of rotatable bonds is 30. The van der Waals surface area contributed by atoms with Crippen molar-refractivity contribution in [1.29, 1.82) is 0 Å². The lowest BCUT2D eigenvalue weighted by Gasteiger charge is -2.32. The van der Waals surface area contributed by atoms with Gasteiger partial charge in [-0.3, -0.25) is 48.9 Å². The van der Waals surface area contributed by atoms with Crippen molar-refractivity contribution in [1.82, 2.24) is 44.9 Å². The Hall–Kier alpha value is -6.20. The molecule has 0 aliphatic carbocycles. The van der Waals surface area contributed by atoms with Crippen molar-refractivity contribution >= 4 is 58.6 Å². The molecule has 2 aliphatic heterocycles. The summed E-state index contributed by atoms with van der Waals surface area (Å²) in [5.41, 5.74) is 4.55. The number of nitrogens with zero attached hydrogens (tertiary/aromatic N) is 7. The molecular formula is C56H78Cl2N10O15.